The van der Waals surface area contributed by atoms with E-state index in [2.05, 4.69) is 17.4 Å². The number of nitrogens with one attached hydrogen (secondary N) is 2. The predicted molar refractivity (Wildman–Crippen MR) is 110 cm³/mol. The molecule has 1 unspecified atom stereocenters. The van der Waals surface area contributed by atoms with Gasteiger partial charge in [-0.05, 0) is 43.7 Å². The number of hydrogen-bond acceptors (Lipinski definition) is 5. The Morgan fingerprint density at radius 1 is 1.21 bits per heavy atom. The van der Waals surface area contributed by atoms with Crippen molar-refractivity contribution in [1.82, 2.24) is 10.9 Å². The largest absolute Gasteiger partial charge is 0.480 e. The first-order valence-electron chi connectivity index (χ1n) is 9.46. The van der Waals surface area contributed by atoms with Gasteiger partial charge in [-0.25, -0.2) is 10.9 Å². The SMILES string of the molecule is C=CCC1(O)C=CC(C[C@H](NN[C@@H](Cc2cccc(C)c2)C(=O)O)C(=O)O)=CC1. The molecule has 1 aromatic carbocycles. The summed E-state index contributed by atoms with van der Waals surface area (Å²) in [7, 11) is 0. The fourth-order valence-corrected chi connectivity index (χ4v) is 3.17. The maximum Gasteiger partial charge on any atom is 0.322 e. The van der Waals surface area contributed by atoms with Gasteiger partial charge in [0.05, 0.1) is 5.60 Å². The molecule has 7 heteroatoms. The summed E-state index contributed by atoms with van der Waals surface area (Å²) in [5.74, 6) is -2.17. The molecule has 1 aliphatic rings. The van der Waals surface area contributed by atoms with Gasteiger partial charge in [0.15, 0.2) is 0 Å². The number of benzene rings is 1. The van der Waals surface area contributed by atoms with Crippen molar-refractivity contribution >= 4 is 11.9 Å². The maximum absolute atomic E-state index is 11.6. The average Bonchev–Trinajstić information content (AvgIpc) is 2.65. The highest BCUT2D eigenvalue weighted by molar-refractivity contribution is 5.75. The number of aliphatic carboxylic acids is 2. The van der Waals surface area contributed by atoms with Gasteiger partial charge in [-0.3, -0.25) is 9.59 Å². The van der Waals surface area contributed by atoms with Crippen molar-refractivity contribution in [2.24, 2.45) is 0 Å². The molecule has 0 radical (unpaired) electrons. The molecule has 5 N–H and O–H groups in total. The van der Waals surface area contributed by atoms with E-state index in [1.165, 1.54) is 0 Å². The number of carboxylic acids is 2. The monoisotopic (exact) mass is 400 g/mol. The average molecular weight is 400 g/mol. The Morgan fingerprint density at radius 3 is 2.38 bits per heavy atom. The lowest BCUT2D eigenvalue weighted by Gasteiger charge is -2.26. The molecule has 0 saturated carbocycles. The Hall–Kier alpha value is -2.74. The molecule has 0 heterocycles. The Kier molecular flexibility index (Phi) is 7.90. The third kappa shape index (κ3) is 6.98. The second-order valence-electron chi connectivity index (χ2n) is 7.38. The standard InChI is InChI=1S/C22H28N2O5/c1-3-9-22(29)10-7-16(8-11-22)13-18(20(25)26)23-24-19(21(27)28)14-17-6-4-5-15(2)12-17/h3-8,10,12,18-19,23-24,29H,1,9,11,13-14H2,2H3,(H,25,26)(H,27,28)/t18-,19-,22?/m0/s1. The molecule has 0 fully saturated rings. The van der Waals surface area contributed by atoms with E-state index >= 15 is 0 Å². The molecule has 0 aromatic heterocycles. The van der Waals surface area contributed by atoms with E-state index in [1.54, 1.807) is 24.3 Å². The molecule has 0 spiro atoms. The van der Waals surface area contributed by atoms with Crippen molar-refractivity contribution in [3.63, 3.8) is 0 Å². The lowest BCUT2D eigenvalue weighted by molar-refractivity contribution is -0.143. The van der Waals surface area contributed by atoms with Crippen molar-refractivity contribution < 1.29 is 24.9 Å². The van der Waals surface area contributed by atoms with E-state index in [0.29, 0.717) is 12.8 Å². The predicted octanol–water partition coefficient (Wildman–Crippen LogP) is 2.12. The molecular formula is C22H28N2O5. The van der Waals surface area contributed by atoms with Crippen LogP contribution in [0.25, 0.3) is 0 Å². The number of carbonyl (C=O) groups is 2. The fraction of sp³-hybridized carbons (Fsp3) is 0.364. The van der Waals surface area contributed by atoms with Crippen LogP contribution in [0.5, 0.6) is 0 Å². The normalized spacial score (nSPS) is 20.6. The number of rotatable bonds is 11. The third-order valence-corrected chi connectivity index (χ3v) is 4.81. The summed E-state index contributed by atoms with van der Waals surface area (Å²) in [6.07, 6.45) is 7.93. The summed E-state index contributed by atoms with van der Waals surface area (Å²) in [5.41, 5.74) is 6.93. The van der Waals surface area contributed by atoms with Gasteiger partial charge in [0, 0.05) is 0 Å². The van der Waals surface area contributed by atoms with E-state index < -0.39 is 29.6 Å². The van der Waals surface area contributed by atoms with Gasteiger partial charge in [-0.15, -0.1) is 6.58 Å². The third-order valence-electron chi connectivity index (χ3n) is 4.81. The molecule has 1 aliphatic carbocycles. The van der Waals surface area contributed by atoms with Gasteiger partial charge < -0.3 is 15.3 Å². The smallest absolute Gasteiger partial charge is 0.322 e. The zero-order valence-electron chi connectivity index (χ0n) is 16.5. The van der Waals surface area contributed by atoms with Crippen molar-refractivity contribution in [2.75, 3.05) is 0 Å². The van der Waals surface area contributed by atoms with Gasteiger partial charge in [-0.1, -0.05) is 54.1 Å². The van der Waals surface area contributed by atoms with Crippen LogP contribution in [0.2, 0.25) is 0 Å². The van der Waals surface area contributed by atoms with Crippen LogP contribution in [0.15, 0.2) is 60.7 Å². The molecule has 29 heavy (non-hydrogen) atoms. The molecule has 7 nitrogen and oxygen atoms in total. The summed E-state index contributed by atoms with van der Waals surface area (Å²) < 4.78 is 0. The second kappa shape index (κ2) is 10.2. The highest BCUT2D eigenvalue weighted by atomic mass is 16.4. The molecule has 0 amide bonds. The number of aliphatic hydroxyl groups is 1. The highest BCUT2D eigenvalue weighted by Crippen LogP contribution is 2.26. The van der Waals surface area contributed by atoms with Crippen LogP contribution >= 0.6 is 0 Å². The number of aryl methyl sites for hydroxylation is 1. The molecule has 156 valence electrons. The molecule has 0 aliphatic heterocycles. The van der Waals surface area contributed by atoms with E-state index in [1.807, 2.05) is 31.2 Å². The number of hydrazine groups is 1. The van der Waals surface area contributed by atoms with Gasteiger partial charge in [-0.2, -0.15) is 0 Å². The van der Waals surface area contributed by atoms with Crippen LogP contribution in [-0.4, -0.2) is 44.9 Å². The summed E-state index contributed by atoms with van der Waals surface area (Å²) in [6, 6.07) is 5.51. The Labute approximate surface area is 170 Å². The van der Waals surface area contributed by atoms with Crippen LogP contribution in [-0.2, 0) is 16.0 Å². The lowest BCUT2D eigenvalue weighted by Crippen LogP contribution is -2.53. The summed E-state index contributed by atoms with van der Waals surface area (Å²) in [6.45, 7) is 5.55. The number of allylic oxidation sites excluding steroid dienone is 1. The zero-order chi connectivity index (χ0) is 21.4. The number of carboxylic acid groups (broad SMARTS) is 2. The van der Waals surface area contributed by atoms with Crippen LogP contribution in [0, 0.1) is 6.92 Å². The Bertz CT molecular complexity index is 817. The lowest BCUT2D eigenvalue weighted by atomic mass is 9.87. The first kappa shape index (κ1) is 22.5. The van der Waals surface area contributed by atoms with Crippen molar-refractivity contribution in [3.8, 4) is 0 Å². The van der Waals surface area contributed by atoms with Gasteiger partial charge in [0.1, 0.15) is 12.1 Å². The van der Waals surface area contributed by atoms with Gasteiger partial charge >= 0.3 is 11.9 Å². The molecule has 3 atom stereocenters. The van der Waals surface area contributed by atoms with Crippen molar-refractivity contribution in [1.29, 1.82) is 0 Å². The minimum absolute atomic E-state index is 0.153. The van der Waals surface area contributed by atoms with E-state index in [4.69, 9.17) is 0 Å². The van der Waals surface area contributed by atoms with E-state index in [-0.39, 0.29) is 12.8 Å². The topological polar surface area (TPSA) is 119 Å². The minimum Gasteiger partial charge on any atom is -0.480 e. The second-order valence-corrected chi connectivity index (χ2v) is 7.38. The Balaban J connectivity index is 1.98. The number of hydrogen-bond donors (Lipinski definition) is 5. The zero-order valence-corrected chi connectivity index (χ0v) is 16.5. The van der Waals surface area contributed by atoms with Crippen LogP contribution < -0.4 is 10.9 Å². The summed E-state index contributed by atoms with van der Waals surface area (Å²) in [5, 5.41) is 29.3. The van der Waals surface area contributed by atoms with Gasteiger partial charge in [0.2, 0.25) is 0 Å². The fourth-order valence-electron chi connectivity index (χ4n) is 3.17. The van der Waals surface area contributed by atoms with Crippen LogP contribution in [0.4, 0.5) is 0 Å². The first-order valence-corrected chi connectivity index (χ1v) is 9.46. The molecule has 0 saturated heterocycles. The first-order chi connectivity index (χ1) is 13.7. The summed E-state index contributed by atoms with van der Waals surface area (Å²) >= 11 is 0. The quantitative estimate of drug-likeness (QED) is 0.285. The van der Waals surface area contributed by atoms with E-state index in [9.17, 15) is 24.9 Å². The molecule has 0 bridgehead atoms. The van der Waals surface area contributed by atoms with Crippen LogP contribution in [0.3, 0.4) is 0 Å². The minimum atomic E-state index is -1.10. The molecule has 1 aromatic rings. The maximum atomic E-state index is 11.6. The van der Waals surface area contributed by atoms with Crippen molar-refractivity contribution in [3.05, 3.63) is 71.8 Å². The molecule has 2 rings (SSSR count). The van der Waals surface area contributed by atoms with Gasteiger partial charge in [0.25, 0.3) is 0 Å². The van der Waals surface area contributed by atoms with Crippen molar-refractivity contribution in [2.45, 2.75) is 50.3 Å². The van der Waals surface area contributed by atoms with Crippen LogP contribution in [0.1, 0.15) is 30.4 Å². The van der Waals surface area contributed by atoms with E-state index in [0.717, 1.165) is 16.7 Å². The highest BCUT2D eigenvalue weighted by Gasteiger charge is 2.26. The molecular weight excluding hydrogens is 372 g/mol. The Morgan fingerprint density at radius 2 is 1.86 bits per heavy atom. The summed E-state index contributed by atoms with van der Waals surface area (Å²) in [4.78, 5) is 23.2.